The molecule has 0 amide bonds. The van der Waals surface area contributed by atoms with E-state index in [1.54, 1.807) is 6.26 Å². The second kappa shape index (κ2) is 6.73. The van der Waals surface area contributed by atoms with Crippen LogP contribution in [-0.4, -0.2) is 11.5 Å². The molecule has 0 fully saturated rings. The summed E-state index contributed by atoms with van der Waals surface area (Å²) in [6.45, 7) is 5.96. The van der Waals surface area contributed by atoms with Crippen LogP contribution < -0.4 is 10.1 Å². The summed E-state index contributed by atoms with van der Waals surface area (Å²) in [5, 5.41) is 3.30. The molecule has 2 rings (SSSR count). The Balaban J connectivity index is 1.92. The minimum absolute atomic E-state index is 0.258. The van der Waals surface area contributed by atoms with E-state index in [9.17, 15) is 0 Å². The molecule has 1 heterocycles. The fourth-order valence-electron chi connectivity index (χ4n) is 1.53. The molecule has 1 aromatic heterocycles. The van der Waals surface area contributed by atoms with Crippen LogP contribution in [0.15, 0.2) is 39.4 Å². The van der Waals surface area contributed by atoms with Crippen LogP contribution in [0.3, 0.4) is 0 Å². The van der Waals surface area contributed by atoms with E-state index < -0.39 is 0 Å². The molecule has 4 nitrogen and oxygen atoms in total. The fraction of sp³-hybridized carbons (Fsp3) is 0.357. The quantitative estimate of drug-likeness (QED) is 0.873. The van der Waals surface area contributed by atoms with Gasteiger partial charge in [-0.05, 0) is 40.5 Å². The molecule has 0 saturated carbocycles. The van der Waals surface area contributed by atoms with Crippen molar-refractivity contribution in [2.45, 2.75) is 20.4 Å². The molecule has 0 unspecified atom stereocenters. The number of aromatic nitrogens is 1. The second-order valence-electron chi connectivity index (χ2n) is 4.66. The highest BCUT2D eigenvalue weighted by atomic mass is 79.9. The maximum atomic E-state index is 5.56. The van der Waals surface area contributed by atoms with Gasteiger partial charge in [0, 0.05) is 6.54 Å². The predicted molar refractivity (Wildman–Crippen MR) is 77.3 cm³/mol. The molecular weight excluding hydrogens is 308 g/mol. The van der Waals surface area contributed by atoms with Crippen LogP contribution in [0.2, 0.25) is 0 Å². The zero-order valence-corrected chi connectivity index (χ0v) is 12.6. The van der Waals surface area contributed by atoms with Gasteiger partial charge in [-0.25, -0.2) is 0 Å². The van der Waals surface area contributed by atoms with Gasteiger partial charge in [0.2, 0.25) is 0 Å². The van der Waals surface area contributed by atoms with Gasteiger partial charge in [0.1, 0.15) is 12.0 Å². The highest BCUT2D eigenvalue weighted by Crippen LogP contribution is 2.28. The van der Waals surface area contributed by atoms with Crippen LogP contribution in [0.4, 0.5) is 0 Å². The molecule has 19 heavy (non-hydrogen) atoms. The summed E-state index contributed by atoms with van der Waals surface area (Å²) in [5.74, 6) is 1.30. The number of benzene rings is 1. The Kier molecular flexibility index (Phi) is 4.99. The lowest BCUT2D eigenvalue weighted by atomic mass is 10.2. The van der Waals surface area contributed by atoms with Crippen molar-refractivity contribution in [3.05, 3.63) is 40.7 Å². The molecule has 0 aliphatic heterocycles. The van der Waals surface area contributed by atoms with Gasteiger partial charge in [-0.1, -0.05) is 26.0 Å². The van der Waals surface area contributed by atoms with Crippen LogP contribution >= 0.6 is 15.9 Å². The summed E-state index contributed by atoms with van der Waals surface area (Å²) in [4.78, 5) is 4.27. The van der Waals surface area contributed by atoms with E-state index in [-0.39, 0.29) is 6.08 Å². The molecule has 0 spiro atoms. The maximum absolute atomic E-state index is 5.56. The van der Waals surface area contributed by atoms with Crippen LogP contribution in [-0.2, 0) is 6.54 Å². The lowest BCUT2D eigenvalue weighted by Crippen LogP contribution is -2.19. The van der Waals surface area contributed by atoms with Gasteiger partial charge >= 0.3 is 6.08 Å². The Morgan fingerprint density at radius 3 is 2.89 bits per heavy atom. The highest BCUT2D eigenvalue weighted by Gasteiger charge is 2.08. The molecule has 5 heteroatoms. The number of para-hydroxylation sites is 1. The molecule has 0 aliphatic rings. The second-order valence-corrected chi connectivity index (χ2v) is 5.52. The van der Waals surface area contributed by atoms with E-state index in [0.717, 1.165) is 16.7 Å². The summed E-state index contributed by atoms with van der Waals surface area (Å²) in [7, 11) is 0. The molecular formula is C14H17BrN2O2. The lowest BCUT2D eigenvalue weighted by molar-refractivity contribution is 0.329. The van der Waals surface area contributed by atoms with Crippen molar-refractivity contribution >= 4 is 15.9 Å². The Labute approximate surface area is 121 Å². The third-order valence-corrected chi connectivity index (χ3v) is 3.08. The van der Waals surface area contributed by atoms with Gasteiger partial charge in [-0.15, -0.1) is 0 Å². The minimum Gasteiger partial charge on any atom is -0.417 e. The van der Waals surface area contributed by atoms with Crippen molar-refractivity contribution in [1.29, 1.82) is 0 Å². The lowest BCUT2D eigenvalue weighted by Gasteiger charge is -2.04. The van der Waals surface area contributed by atoms with E-state index >= 15 is 0 Å². The van der Waals surface area contributed by atoms with Gasteiger partial charge in [0.05, 0.1) is 10.2 Å². The monoisotopic (exact) mass is 324 g/mol. The number of rotatable bonds is 6. The molecule has 0 saturated heterocycles. The standard InChI is InChI=1S/C14H17BrN2O2/c1-10(2)7-16-8-11-9-18-14(17-11)19-13-6-4-3-5-12(13)15/h3-6,9-10,16H,7-8H2,1-2H3. The zero-order valence-electron chi connectivity index (χ0n) is 11.0. The van der Waals surface area contributed by atoms with Crippen molar-refractivity contribution in [2.24, 2.45) is 5.92 Å². The molecule has 0 radical (unpaired) electrons. The van der Waals surface area contributed by atoms with E-state index in [4.69, 9.17) is 9.15 Å². The summed E-state index contributed by atoms with van der Waals surface area (Å²) in [6.07, 6.45) is 1.87. The van der Waals surface area contributed by atoms with Crippen LogP contribution in [0.25, 0.3) is 0 Å². The molecule has 0 bridgehead atoms. The first-order valence-corrected chi connectivity index (χ1v) is 7.02. The summed E-state index contributed by atoms with van der Waals surface area (Å²) in [6, 6.07) is 7.58. The number of nitrogens with one attached hydrogen (secondary N) is 1. The average Bonchev–Trinajstić information content (AvgIpc) is 2.79. The third-order valence-electron chi connectivity index (χ3n) is 2.42. The number of ether oxygens (including phenoxy) is 1. The van der Waals surface area contributed by atoms with Gasteiger partial charge in [0.25, 0.3) is 0 Å². The van der Waals surface area contributed by atoms with Crippen molar-refractivity contribution in [3.8, 4) is 11.8 Å². The van der Waals surface area contributed by atoms with Crippen molar-refractivity contribution in [2.75, 3.05) is 6.54 Å². The van der Waals surface area contributed by atoms with Crippen molar-refractivity contribution in [1.82, 2.24) is 10.3 Å². The summed E-state index contributed by atoms with van der Waals surface area (Å²) < 4.78 is 11.7. The first-order chi connectivity index (χ1) is 9.15. The van der Waals surface area contributed by atoms with E-state index in [2.05, 4.69) is 40.1 Å². The van der Waals surface area contributed by atoms with Crippen molar-refractivity contribution < 1.29 is 9.15 Å². The van der Waals surface area contributed by atoms with E-state index in [1.807, 2.05) is 24.3 Å². The van der Waals surface area contributed by atoms with E-state index in [0.29, 0.717) is 18.2 Å². The smallest absolute Gasteiger partial charge is 0.399 e. The number of nitrogens with zero attached hydrogens (tertiary/aromatic N) is 1. The average molecular weight is 325 g/mol. The molecule has 102 valence electrons. The number of hydrogen-bond acceptors (Lipinski definition) is 4. The Hall–Kier alpha value is -1.33. The predicted octanol–water partition coefficient (Wildman–Crippen LogP) is 3.98. The zero-order chi connectivity index (χ0) is 13.7. The van der Waals surface area contributed by atoms with E-state index in [1.165, 1.54) is 0 Å². The Morgan fingerprint density at radius 1 is 1.37 bits per heavy atom. The first kappa shape index (κ1) is 14.1. The van der Waals surface area contributed by atoms with Gasteiger partial charge < -0.3 is 14.5 Å². The summed E-state index contributed by atoms with van der Waals surface area (Å²) in [5.41, 5.74) is 0.836. The van der Waals surface area contributed by atoms with Crippen LogP contribution in [0.1, 0.15) is 19.5 Å². The molecule has 0 atom stereocenters. The number of halogens is 1. The highest BCUT2D eigenvalue weighted by molar-refractivity contribution is 9.10. The maximum Gasteiger partial charge on any atom is 0.399 e. The normalized spacial score (nSPS) is 10.9. The first-order valence-electron chi connectivity index (χ1n) is 6.22. The topological polar surface area (TPSA) is 47.3 Å². The SMILES string of the molecule is CC(C)CNCc1coc(Oc2ccccc2Br)n1. The molecule has 1 N–H and O–H groups in total. The largest absolute Gasteiger partial charge is 0.417 e. The van der Waals surface area contributed by atoms with Gasteiger partial charge in [-0.2, -0.15) is 4.98 Å². The van der Waals surface area contributed by atoms with Crippen LogP contribution in [0.5, 0.6) is 11.8 Å². The third kappa shape index (κ3) is 4.36. The fourth-order valence-corrected chi connectivity index (χ4v) is 1.89. The molecule has 1 aromatic carbocycles. The van der Waals surface area contributed by atoms with Crippen molar-refractivity contribution in [3.63, 3.8) is 0 Å². The number of oxazole rings is 1. The molecule has 0 aliphatic carbocycles. The van der Waals surface area contributed by atoms with Gasteiger partial charge in [-0.3, -0.25) is 0 Å². The summed E-state index contributed by atoms with van der Waals surface area (Å²) >= 11 is 3.41. The molecule has 2 aromatic rings. The number of hydrogen-bond donors (Lipinski definition) is 1. The van der Waals surface area contributed by atoms with Crippen LogP contribution in [0, 0.1) is 5.92 Å². The van der Waals surface area contributed by atoms with Gasteiger partial charge in [0.15, 0.2) is 0 Å². The Bertz CT molecular complexity index is 526. The Morgan fingerprint density at radius 2 is 2.16 bits per heavy atom. The minimum atomic E-state index is 0.258.